The van der Waals surface area contributed by atoms with Crippen molar-refractivity contribution in [1.82, 2.24) is 0 Å². The van der Waals surface area contributed by atoms with Gasteiger partial charge in [-0.05, 0) is 25.8 Å². The highest BCUT2D eigenvalue weighted by molar-refractivity contribution is 7.46. The minimum atomic E-state index is -4.66. The average molecular weight is 266 g/mol. The lowest BCUT2D eigenvalue weighted by Crippen LogP contribution is -2.29. The number of carbonyl (C=O) groups is 1. The van der Waals surface area contributed by atoms with Gasteiger partial charge in [0.25, 0.3) is 0 Å². The molecule has 0 aliphatic rings. The summed E-state index contributed by atoms with van der Waals surface area (Å²) in [5.41, 5.74) is -1.22. The van der Waals surface area contributed by atoms with Crippen LogP contribution in [0.5, 0.6) is 0 Å². The van der Waals surface area contributed by atoms with Gasteiger partial charge in [-0.25, -0.2) is 9.36 Å². The summed E-state index contributed by atoms with van der Waals surface area (Å²) in [6.07, 6.45) is 2.53. The van der Waals surface area contributed by atoms with Crippen LogP contribution in [0.25, 0.3) is 0 Å². The van der Waals surface area contributed by atoms with Crippen LogP contribution in [-0.2, 0) is 13.9 Å². The Kier molecular flexibility index (Phi) is 6.05. The highest BCUT2D eigenvalue weighted by atomic mass is 31.2. The van der Waals surface area contributed by atoms with E-state index in [-0.39, 0.29) is 12.0 Å². The minimum Gasteiger partial charge on any atom is -0.478 e. The fourth-order valence-electron chi connectivity index (χ4n) is 1.60. The Labute approximate surface area is 101 Å². The smallest absolute Gasteiger partial charge is 0.470 e. The van der Waals surface area contributed by atoms with Gasteiger partial charge in [-0.2, -0.15) is 0 Å². The van der Waals surface area contributed by atoms with Crippen molar-refractivity contribution in [3.05, 3.63) is 11.6 Å². The maximum Gasteiger partial charge on any atom is 0.470 e. The van der Waals surface area contributed by atoms with Crippen LogP contribution >= 0.6 is 7.82 Å². The third-order valence-electron chi connectivity index (χ3n) is 2.39. The van der Waals surface area contributed by atoms with Crippen LogP contribution in [0.2, 0.25) is 0 Å². The number of carboxylic acids is 1. The Morgan fingerprint density at radius 3 is 2.24 bits per heavy atom. The van der Waals surface area contributed by atoms with Gasteiger partial charge in [0.05, 0.1) is 5.60 Å². The molecule has 0 bridgehead atoms. The number of hydrogen-bond donors (Lipinski definition) is 3. The highest BCUT2D eigenvalue weighted by Crippen LogP contribution is 2.45. The lowest BCUT2D eigenvalue weighted by atomic mass is 9.92. The van der Waals surface area contributed by atoms with Crippen LogP contribution in [0.15, 0.2) is 11.6 Å². The van der Waals surface area contributed by atoms with Crippen LogP contribution in [0, 0.1) is 0 Å². The molecule has 0 aromatic heterocycles. The fourth-order valence-corrected chi connectivity index (χ4v) is 2.35. The summed E-state index contributed by atoms with van der Waals surface area (Å²) in [6, 6.07) is 0. The first-order valence-corrected chi connectivity index (χ1v) is 6.88. The van der Waals surface area contributed by atoms with Crippen LogP contribution < -0.4 is 0 Å². The maximum absolute atomic E-state index is 10.9. The molecule has 0 rings (SSSR count). The van der Waals surface area contributed by atoms with Gasteiger partial charge in [0.15, 0.2) is 0 Å². The first kappa shape index (κ1) is 16.3. The number of phosphoric acid groups is 1. The van der Waals surface area contributed by atoms with Crippen LogP contribution in [0.1, 0.15) is 40.0 Å². The van der Waals surface area contributed by atoms with Gasteiger partial charge in [0.2, 0.25) is 0 Å². The average Bonchev–Trinajstić information content (AvgIpc) is 2.15. The van der Waals surface area contributed by atoms with E-state index in [9.17, 15) is 9.36 Å². The van der Waals surface area contributed by atoms with Gasteiger partial charge in [0.1, 0.15) is 0 Å². The van der Waals surface area contributed by atoms with Gasteiger partial charge >= 0.3 is 13.8 Å². The molecular weight excluding hydrogens is 247 g/mol. The van der Waals surface area contributed by atoms with Gasteiger partial charge in [-0.1, -0.05) is 20.3 Å². The molecule has 0 aliphatic carbocycles. The van der Waals surface area contributed by atoms with E-state index in [1.807, 2.05) is 6.92 Å². The zero-order valence-electron chi connectivity index (χ0n) is 10.2. The van der Waals surface area contributed by atoms with Crippen molar-refractivity contribution in [2.24, 2.45) is 0 Å². The van der Waals surface area contributed by atoms with E-state index >= 15 is 0 Å². The largest absolute Gasteiger partial charge is 0.478 e. The van der Waals surface area contributed by atoms with E-state index in [1.165, 1.54) is 13.0 Å². The van der Waals surface area contributed by atoms with E-state index in [0.29, 0.717) is 12.8 Å². The van der Waals surface area contributed by atoms with Crippen molar-refractivity contribution in [3.8, 4) is 0 Å². The Morgan fingerprint density at radius 1 is 1.41 bits per heavy atom. The molecule has 0 heterocycles. The monoisotopic (exact) mass is 266 g/mol. The number of phosphoric ester groups is 1. The third kappa shape index (κ3) is 5.98. The van der Waals surface area contributed by atoms with Gasteiger partial charge in [-0.3, -0.25) is 4.52 Å². The second-order valence-electron chi connectivity index (χ2n) is 3.88. The number of aliphatic carboxylic acids is 1. The third-order valence-corrected chi connectivity index (χ3v) is 2.99. The number of hydrogen-bond acceptors (Lipinski definition) is 3. The molecule has 0 saturated heterocycles. The number of carboxylic acid groups (broad SMARTS) is 1. The zero-order chi connectivity index (χ0) is 13.7. The van der Waals surface area contributed by atoms with Crippen molar-refractivity contribution >= 4 is 13.8 Å². The minimum absolute atomic E-state index is 0.00810. The molecule has 17 heavy (non-hydrogen) atoms. The lowest BCUT2D eigenvalue weighted by molar-refractivity contribution is -0.132. The molecule has 100 valence electrons. The Balaban J connectivity index is 5.29. The molecule has 7 heteroatoms. The molecule has 0 aliphatic heterocycles. The lowest BCUT2D eigenvalue weighted by Gasteiger charge is -2.29. The van der Waals surface area contributed by atoms with E-state index in [4.69, 9.17) is 19.4 Å². The molecule has 0 spiro atoms. The zero-order valence-corrected chi connectivity index (χ0v) is 11.1. The van der Waals surface area contributed by atoms with Crippen LogP contribution in [-0.4, -0.2) is 26.5 Å². The first-order chi connectivity index (χ1) is 7.66. The molecule has 3 N–H and O–H groups in total. The van der Waals surface area contributed by atoms with E-state index < -0.39 is 19.4 Å². The molecule has 0 saturated carbocycles. The van der Waals surface area contributed by atoms with E-state index in [1.54, 1.807) is 6.92 Å². The highest BCUT2D eigenvalue weighted by Gasteiger charge is 2.34. The first-order valence-electron chi connectivity index (χ1n) is 5.35. The summed E-state index contributed by atoms with van der Waals surface area (Å²) in [6.45, 7) is 4.89. The summed E-state index contributed by atoms with van der Waals surface area (Å²) in [5, 5.41) is 8.79. The molecule has 0 aromatic carbocycles. The predicted octanol–water partition coefficient (Wildman–Crippen LogP) is 2.08. The van der Waals surface area contributed by atoms with Crippen molar-refractivity contribution < 1.29 is 28.8 Å². The van der Waals surface area contributed by atoms with Crippen LogP contribution in [0.3, 0.4) is 0 Å². The molecule has 0 amide bonds. The second-order valence-corrected chi connectivity index (χ2v) is 5.05. The van der Waals surface area contributed by atoms with Crippen molar-refractivity contribution in [1.29, 1.82) is 0 Å². The van der Waals surface area contributed by atoms with Crippen molar-refractivity contribution in [2.75, 3.05) is 0 Å². The van der Waals surface area contributed by atoms with Crippen LogP contribution in [0.4, 0.5) is 0 Å². The summed E-state index contributed by atoms with van der Waals surface area (Å²) >= 11 is 0. The number of rotatable bonds is 7. The van der Waals surface area contributed by atoms with E-state index in [2.05, 4.69) is 0 Å². The van der Waals surface area contributed by atoms with Crippen molar-refractivity contribution in [2.45, 2.75) is 45.6 Å². The fraction of sp³-hybridized carbons (Fsp3) is 0.700. The van der Waals surface area contributed by atoms with Gasteiger partial charge in [0, 0.05) is 5.57 Å². The Morgan fingerprint density at radius 2 is 1.94 bits per heavy atom. The van der Waals surface area contributed by atoms with Crippen molar-refractivity contribution in [3.63, 3.8) is 0 Å². The summed E-state index contributed by atoms with van der Waals surface area (Å²) in [4.78, 5) is 28.5. The Bertz CT molecular complexity index is 345. The summed E-state index contributed by atoms with van der Waals surface area (Å²) in [5.74, 6) is -1.13. The topological polar surface area (TPSA) is 104 Å². The van der Waals surface area contributed by atoms with Gasteiger partial charge in [-0.15, -0.1) is 0 Å². The van der Waals surface area contributed by atoms with Gasteiger partial charge < -0.3 is 14.9 Å². The molecule has 1 atom stereocenters. The summed E-state index contributed by atoms with van der Waals surface area (Å²) in [7, 11) is -4.66. The molecule has 0 aromatic rings. The molecule has 1 unspecified atom stereocenters. The van der Waals surface area contributed by atoms with E-state index in [0.717, 1.165) is 0 Å². The quantitative estimate of drug-likeness (QED) is 0.481. The molecule has 0 fully saturated rings. The predicted molar refractivity (Wildman–Crippen MR) is 62.5 cm³/mol. The molecule has 6 nitrogen and oxygen atoms in total. The standard InChI is InChI=1S/C10H19O6P/c1-4-6-10(5-2,16-17(13,14)15)7-8(3)9(11)12/h7H,4-6H2,1-3H3,(H,11,12)(H2,13,14,15). The SMILES string of the molecule is CCCC(C=C(C)C(=O)O)(CC)OP(=O)(O)O. The maximum atomic E-state index is 10.9. The normalized spacial score (nSPS) is 16.6. The molecular formula is C10H19O6P. The Hall–Kier alpha value is -0.680. The molecule has 0 radical (unpaired) electrons. The second kappa shape index (κ2) is 6.31. The summed E-state index contributed by atoms with van der Waals surface area (Å²) < 4.78 is 15.7.